The van der Waals surface area contributed by atoms with Gasteiger partial charge in [0.1, 0.15) is 0 Å². The molecule has 0 radical (unpaired) electrons. The molecule has 0 aliphatic carbocycles. The van der Waals surface area contributed by atoms with Crippen LogP contribution in [-0.4, -0.2) is 43.5 Å². The Balaban J connectivity index is 0.00000220. The lowest BCUT2D eigenvalue weighted by Crippen LogP contribution is -2.49. The van der Waals surface area contributed by atoms with Crippen LogP contribution in [0.1, 0.15) is 24.0 Å². The van der Waals surface area contributed by atoms with Crippen molar-refractivity contribution in [3.8, 4) is 0 Å². The smallest absolute Gasteiger partial charge is 0.222 e. The molecule has 1 aliphatic heterocycles. The van der Waals surface area contributed by atoms with E-state index in [1.54, 1.807) is 0 Å². The second-order valence-corrected chi connectivity index (χ2v) is 5.48. The molecule has 0 atom stereocenters. The van der Waals surface area contributed by atoms with E-state index in [0.717, 1.165) is 32.6 Å². The first-order chi connectivity index (χ1) is 9.63. The number of carbonyl (C=O) groups is 1. The van der Waals surface area contributed by atoms with Crippen LogP contribution in [0.25, 0.3) is 0 Å². The first kappa shape index (κ1) is 21.0. The number of carbonyl (C=O) groups excluding carboxylic acids is 1. The molecule has 0 spiro atoms. The van der Waals surface area contributed by atoms with Crippen LogP contribution in [0.4, 0.5) is 5.69 Å². The van der Waals surface area contributed by atoms with Crippen LogP contribution in [0.3, 0.4) is 0 Å². The predicted molar refractivity (Wildman–Crippen MR) is 97.5 cm³/mol. The zero-order chi connectivity index (χ0) is 14.5. The Labute approximate surface area is 145 Å². The average Bonchev–Trinajstić information content (AvgIpc) is 2.48. The molecule has 0 saturated carbocycles. The number of piperazine rings is 1. The van der Waals surface area contributed by atoms with Gasteiger partial charge in [0.15, 0.2) is 0 Å². The van der Waals surface area contributed by atoms with Gasteiger partial charge < -0.3 is 15.5 Å². The van der Waals surface area contributed by atoms with Gasteiger partial charge in [0.2, 0.25) is 5.91 Å². The number of benzene rings is 1. The Morgan fingerprint density at radius 3 is 2.36 bits per heavy atom. The van der Waals surface area contributed by atoms with Crippen LogP contribution >= 0.6 is 24.8 Å². The Morgan fingerprint density at radius 2 is 1.77 bits per heavy atom. The van der Waals surface area contributed by atoms with Crippen LogP contribution in [-0.2, 0) is 4.79 Å². The molecule has 1 aliphatic rings. The van der Waals surface area contributed by atoms with Gasteiger partial charge in [-0.05, 0) is 44.0 Å². The van der Waals surface area contributed by atoms with Crippen molar-refractivity contribution in [1.29, 1.82) is 0 Å². The molecule has 0 bridgehead atoms. The summed E-state index contributed by atoms with van der Waals surface area (Å²) in [6, 6.07) is 6.43. The van der Waals surface area contributed by atoms with Crippen molar-refractivity contribution in [2.75, 3.05) is 37.6 Å². The lowest BCUT2D eigenvalue weighted by atomic mass is 10.1. The summed E-state index contributed by atoms with van der Waals surface area (Å²) < 4.78 is 0. The van der Waals surface area contributed by atoms with Gasteiger partial charge in [0.05, 0.1) is 0 Å². The van der Waals surface area contributed by atoms with Gasteiger partial charge in [0.25, 0.3) is 0 Å². The van der Waals surface area contributed by atoms with Gasteiger partial charge in [-0.1, -0.05) is 12.1 Å². The number of anilines is 1. The van der Waals surface area contributed by atoms with Crippen molar-refractivity contribution < 1.29 is 4.79 Å². The normalized spacial score (nSPS) is 14.1. The third-order valence-electron chi connectivity index (χ3n) is 4.14. The summed E-state index contributed by atoms with van der Waals surface area (Å²) in [7, 11) is 0. The number of amides is 1. The van der Waals surface area contributed by atoms with Crippen molar-refractivity contribution in [2.24, 2.45) is 5.73 Å². The molecular weight excluding hydrogens is 321 g/mol. The molecule has 1 saturated heterocycles. The molecular formula is C16H27Cl2N3O. The third-order valence-corrected chi connectivity index (χ3v) is 4.14. The maximum absolute atomic E-state index is 12.0. The number of hydrogen-bond donors (Lipinski definition) is 1. The quantitative estimate of drug-likeness (QED) is 0.910. The maximum Gasteiger partial charge on any atom is 0.222 e. The summed E-state index contributed by atoms with van der Waals surface area (Å²) in [6.07, 6.45) is 1.37. The largest absolute Gasteiger partial charge is 0.368 e. The van der Waals surface area contributed by atoms with Crippen LogP contribution in [0.2, 0.25) is 0 Å². The van der Waals surface area contributed by atoms with E-state index in [0.29, 0.717) is 13.0 Å². The van der Waals surface area contributed by atoms with Crippen molar-refractivity contribution in [1.82, 2.24) is 4.90 Å². The molecule has 1 aromatic carbocycles. The molecule has 4 nitrogen and oxygen atoms in total. The fraction of sp³-hybridized carbons (Fsp3) is 0.562. The van der Waals surface area contributed by atoms with Crippen molar-refractivity contribution in [3.63, 3.8) is 0 Å². The van der Waals surface area contributed by atoms with E-state index in [1.165, 1.54) is 16.8 Å². The number of rotatable bonds is 4. The zero-order valence-corrected chi connectivity index (χ0v) is 15.0. The molecule has 1 fully saturated rings. The Kier molecular flexibility index (Phi) is 9.49. The van der Waals surface area contributed by atoms with Gasteiger partial charge in [-0.25, -0.2) is 0 Å². The van der Waals surface area contributed by atoms with Crippen LogP contribution in [0.5, 0.6) is 0 Å². The Morgan fingerprint density at radius 1 is 1.14 bits per heavy atom. The second kappa shape index (κ2) is 9.93. The molecule has 1 amide bonds. The highest BCUT2D eigenvalue weighted by Crippen LogP contribution is 2.23. The molecule has 2 rings (SSSR count). The van der Waals surface area contributed by atoms with E-state index in [1.807, 2.05) is 4.90 Å². The van der Waals surface area contributed by atoms with E-state index < -0.39 is 0 Å². The number of aryl methyl sites for hydroxylation is 1. The molecule has 2 N–H and O–H groups in total. The van der Waals surface area contributed by atoms with Crippen LogP contribution < -0.4 is 10.6 Å². The summed E-state index contributed by atoms with van der Waals surface area (Å²) in [5.41, 5.74) is 9.43. The third kappa shape index (κ3) is 5.04. The SMILES string of the molecule is Cc1cccc(N2CCN(C(=O)CCCN)CC2)c1C.Cl.Cl. The molecule has 0 unspecified atom stereocenters. The minimum absolute atomic E-state index is 0. The first-order valence-corrected chi connectivity index (χ1v) is 7.42. The van der Waals surface area contributed by atoms with Gasteiger partial charge in [-0.2, -0.15) is 0 Å². The topological polar surface area (TPSA) is 49.6 Å². The molecule has 6 heteroatoms. The molecule has 22 heavy (non-hydrogen) atoms. The van der Waals surface area contributed by atoms with Crippen LogP contribution in [0, 0.1) is 13.8 Å². The highest BCUT2D eigenvalue weighted by Gasteiger charge is 2.21. The second-order valence-electron chi connectivity index (χ2n) is 5.48. The predicted octanol–water partition coefficient (Wildman–Crippen LogP) is 2.53. The number of hydrogen-bond acceptors (Lipinski definition) is 3. The molecule has 1 heterocycles. The molecule has 1 aromatic rings. The van der Waals surface area contributed by atoms with Gasteiger partial charge in [0, 0.05) is 38.3 Å². The Hall–Kier alpha value is -0.970. The number of nitrogens with two attached hydrogens (primary N) is 1. The molecule has 0 aromatic heterocycles. The number of halogens is 2. The Bertz CT molecular complexity index is 474. The minimum atomic E-state index is 0. The van der Waals surface area contributed by atoms with Gasteiger partial charge in [-0.3, -0.25) is 4.79 Å². The summed E-state index contributed by atoms with van der Waals surface area (Å²) in [5, 5.41) is 0. The van der Waals surface area contributed by atoms with E-state index >= 15 is 0 Å². The van der Waals surface area contributed by atoms with Crippen molar-refractivity contribution in [2.45, 2.75) is 26.7 Å². The maximum atomic E-state index is 12.0. The summed E-state index contributed by atoms with van der Waals surface area (Å²) >= 11 is 0. The fourth-order valence-electron chi connectivity index (χ4n) is 2.69. The van der Waals surface area contributed by atoms with E-state index in [9.17, 15) is 4.79 Å². The lowest BCUT2D eigenvalue weighted by molar-refractivity contribution is -0.131. The first-order valence-electron chi connectivity index (χ1n) is 7.42. The van der Waals surface area contributed by atoms with E-state index in [2.05, 4.69) is 36.9 Å². The fourth-order valence-corrected chi connectivity index (χ4v) is 2.69. The summed E-state index contributed by atoms with van der Waals surface area (Å²) in [4.78, 5) is 16.3. The van der Waals surface area contributed by atoms with Crippen molar-refractivity contribution in [3.05, 3.63) is 29.3 Å². The standard InChI is InChI=1S/C16H25N3O.2ClH/c1-13-5-3-6-15(14(13)2)18-9-11-19(12-10-18)16(20)7-4-8-17;;/h3,5-6H,4,7-12,17H2,1-2H3;2*1H. The monoisotopic (exact) mass is 347 g/mol. The minimum Gasteiger partial charge on any atom is -0.368 e. The average molecular weight is 348 g/mol. The van der Waals surface area contributed by atoms with Crippen LogP contribution in [0.15, 0.2) is 18.2 Å². The van der Waals surface area contributed by atoms with Crippen molar-refractivity contribution >= 4 is 36.4 Å². The summed E-state index contributed by atoms with van der Waals surface area (Å²) in [6.45, 7) is 8.37. The van der Waals surface area contributed by atoms with E-state index in [4.69, 9.17) is 5.73 Å². The highest BCUT2D eigenvalue weighted by molar-refractivity contribution is 5.85. The van der Waals surface area contributed by atoms with Gasteiger partial charge in [-0.15, -0.1) is 24.8 Å². The van der Waals surface area contributed by atoms with E-state index in [-0.39, 0.29) is 30.7 Å². The van der Waals surface area contributed by atoms with Gasteiger partial charge >= 0.3 is 0 Å². The molecule has 126 valence electrons. The zero-order valence-electron chi connectivity index (χ0n) is 13.4. The highest BCUT2D eigenvalue weighted by atomic mass is 35.5. The summed E-state index contributed by atoms with van der Waals surface area (Å²) in [5.74, 6) is 0.246. The number of nitrogens with zero attached hydrogens (tertiary/aromatic N) is 2. The lowest BCUT2D eigenvalue weighted by Gasteiger charge is -2.37.